The van der Waals surface area contributed by atoms with Crippen molar-refractivity contribution in [1.29, 1.82) is 0 Å². The van der Waals surface area contributed by atoms with Gasteiger partial charge in [-0.3, -0.25) is 9.59 Å². The van der Waals surface area contributed by atoms with Crippen LogP contribution in [0.1, 0.15) is 32.8 Å². The number of aliphatic hydroxyl groups is 3. The molecule has 2 unspecified atom stereocenters. The second kappa shape index (κ2) is 12.1. The first-order chi connectivity index (χ1) is 19.0. The number of phenolic OH excluding ortho intramolecular Hbond substituents is 1. The van der Waals surface area contributed by atoms with E-state index in [4.69, 9.17) is 23.4 Å². The molecule has 11 heteroatoms. The smallest absolute Gasteiger partial charge is 0.308 e. The molecule has 2 heterocycles. The van der Waals surface area contributed by atoms with Gasteiger partial charge in [0.15, 0.2) is 5.76 Å². The number of hydrogen-bond donors (Lipinski definition) is 4. The Labute approximate surface area is 229 Å². The van der Waals surface area contributed by atoms with Crippen LogP contribution in [0, 0.1) is 0 Å². The number of methoxy groups -OCH3 is 1. The number of ether oxygens (including phenoxy) is 4. The molecule has 4 N–H and O–H groups in total. The van der Waals surface area contributed by atoms with Crippen molar-refractivity contribution in [2.24, 2.45) is 0 Å². The maximum Gasteiger partial charge on any atom is 0.308 e. The zero-order chi connectivity index (χ0) is 29.1. The SMILES string of the molecule is COc1ccc(-c2oc3c(CC=C(C)C)c(OC4OC(CO)[C@@H](O)C[C@@H]4O)cc(O)c3c(=O)c2OC(C)=O)cc1. The van der Waals surface area contributed by atoms with E-state index in [1.54, 1.807) is 24.3 Å². The second-order valence-electron chi connectivity index (χ2n) is 9.69. The summed E-state index contributed by atoms with van der Waals surface area (Å²) in [5.41, 5.74) is 0.892. The molecule has 2 aromatic carbocycles. The molecule has 11 nitrogen and oxygen atoms in total. The number of hydrogen-bond acceptors (Lipinski definition) is 11. The van der Waals surface area contributed by atoms with Crippen molar-refractivity contribution < 1.29 is 48.6 Å². The van der Waals surface area contributed by atoms with E-state index in [0.717, 1.165) is 12.5 Å². The van der Waals surface area contributed by atoms with E-state index < -0.39 is 54.1 Å². The van der Waals surface area contributed by atoms with E-state index in [9.17, 15) is 30.0 Å². The average Bonchev–Trinajstić information content (AvgIpc) is 2.90. The van der Waals surface area contributed by atoms with Crippen LogP contribution < -0.4 is 19.6 Å². The fourth-order valence-electron chi connectivity index (χ4n) is 4.39. The molecule has 1 aliphatic heterocycles. The van der Waals surface area contributed by atoms with Crippen LogP contribution in [0.3, 0.4) is 0 Å². The molecule has 214 valence electrons. The average molecular weight is 557 g/mol. The summed E-state index contributed by atoms with van der Waals surface area (Å²) in [6.07, 6.45) is -2.70. The molecule has 4 rings (SSSR count). The maximum atomic E-state index is 13.7. The van der Waals surface area contributed by atoms with Gasteiger partial charge in [-0.05, 0) is 44.5 Å². The summed E-state index contributed by atoms with van der Waals surface area (Å²) in [6.45, 7) is 4.40. The van der Waals surface area contributed by atoms with Crippen LogP contribution in [0.15, 0.2) is 51.2 Å². The van der Waals surface area contributed by atoms with Crippen LogP contribution in [0.25, 0.3) is 22.3 Å². The number of carbonyl (C=O) groups is 1. The Balaban J connectivity index is 1.96. The second-order valence-corrected chi connectivity index (χ2v) is 9.69. The molecular formula is C29H32O11. The summed E-state index contributed by atoms with van der Waals surface area (Å²) < 4.78 is 28.2. The highest BCUT2D eigenvalue weighted by Gasteiger charge is 2.38. The number of fused-ring (bicyclic) bond motifs is 1. The first-order valence-corrected chi connectivity index (χ1v) is 12.6. The van der Waals surface area contributed by atoms with Crippen molar-refractivity contribution >= 4 is 16.9 Å². The minimum absolute atomic E-state index is 0.0248. The summed E-state index contributed by atoms with van der Waals surface area (Å²) in [4.78, 5) is 25.6. The van der Waals surface area contributed by atoms with Gasteiger partial charge in [0.1, 0.15) is 40.4 Å². The molecule has 1 fully saturated rings. The van der Waals surface area contributed by atoms with Gasteiger partial charge in [-0.15, -0.1) is 0 Å². The summed E-state index contributed by atoms with van der Waals surface area (Å²) in [5.74, 6) is -1.12. The van der Waals surface area contributed by atoms with Crippen molar-refractivity contribution in [2.45, 2.75) is 58.2 Å². The fraction of sp³-hybridized carbons (Fsp3) is 0.379. The third-order valence-corrected chi connectivity index (χ3v) is 6.44. The minimum Gasteiger partial charge on any atom is -0.507 e. The molecule has 0 amide bonds. The van der Waals surface area contributed by atoms with Crippen LogP contribution in [-0.2, 0) is 16.0 Å². The van der Waals surface area contributed by atoms with Crippen LogP contribution in [0.4, 0.5) is 0 Å². The van der Waals surface area contributed by atoms with E-state index in [1.165, 1.54) is 13.2 Å². The number of esters is 1. The molecule has 1 aliphatic rings. The molecule has 40 heavy (non-hydrogen) atoms. The molecule has 1 saturated heterocycles. The highest BCUT2D eigenvalue weighted by Crippen LogP contribution is 2.41. The normalized spacial score (nSPS) is 20.7. The van der Waals surface area contributed by atoms with Gasteiger partial charge in [-0.25, -0.2) is 0 Å². The third kappa shape index (κ3) is 5.97. The van der Waals surface area contributed by atoms with Gasteiger partial charge in [0.25, 0.3) is 0 Å². The lowest BCUT2D eigenvalue weighted by Gasteiger charge is -2.36. The lowest BCUT2D eigenvalue weighted by atomic mass is 10.0. The van der Waals surface area contributed by atoms with E-state index in [0.29, 0.717) is 16.9 Å². The van der Waals surface area contributed by atoms with Gasteiger partial charge >= 0.3 is 5.97 Å². The van der Waals surface area contributed by atoms with Crippen LogP contribution in [0.2, 0.25) is 0 Å². The highest BCUT2D eigenvalue weighted by molar-refractivity contribution is 5.92. The topological polar surface area (TPSA) is 165 Å². The molecule has 0 bridgehead atoms. The van der Waals surface area contributed by atoms with Crippen LogP contribution in [0.5, 0.6) is 23.0 Å². The van der Waals surface area contributed by atoms with Gasteiger partial charge in [0, 0.05) is 30.5 Å². The molecule has 4 atom stereocenters. The van der Waals surface area contributed by atoms with Crippen molar-refractivity contribution in [2.75, 3.05) is 13.7 Å². The Bertz CT molecular complexity index is 1470. The van der Waals surface area contributed by atoms with E-state index in [1.807, 2.05) is 19.9 Å². The largest absolute Gasteiger partial charge is 0.507 e. The van der Waals surface area contributed by atoms with E-state index >= 15 is 0 Å². The minimum atomic E-state index is -1.30. The van der Waals surface area contributed by atoms with E-state index in [2.05, 4.69) is 0 Å². The van der Waals surface area contributed by atoms with E-state index in [-0.39, 0.29) is 35.3 Å². The monoisotopic (exact) mass is 556 g/mol. The van der Waals surface area contributed by atoms with Gasteiger partial charge < -0.3 is 43.8 Å². The Morgan fingerprint density at radius 1 is 1.12 bits per heavy atom. The Morgan fingerprint density at radius 3 is 2.42 bits per heavy atom. The summed E-state index contributed by atoms with van der Waals surface area (Å²) in [6, 6.07) is 7.72. The van der Waals surface area contributed by atoms with Gasteiger partial charge in [-0.1, -0.05) is 11.6 Å². The van der Waals surface area contributed by atoms with Crippen molar-refractivity contribution in [3.63, 3.8) is 0 Å². The predicted molar refractivity (Wildman–Crippen MR) is 144 cm³/mol. The standard InChI is InChI=1S/C29H32O11/c1-14(2)5-10-18-22(38-29-21(34)11-19(32)23(13-30)39-29)12-20(33)24-25(35)28(37-15(3)31)26(40-27(18)24)16-6-8-17(36-4)9-7-16/h5-9,12,19,21,23,29-30,32-34H,10-11,13H2,1-4H3/t19-,21-,23?,29?/m0/s1. The molecule has 0 aliphatic carbocycles. The molecule has 0 radical (unpaired) electrons. The third-order valence-electron chi connectivity index (χ3n) is 6.44. The quantitative estimate of drug-likeness (QED) is 0.238. The van der Waals surface area contributed by atoms with Crippen LogP contribution >= 0.6 is 0 Å². The Kier molecular flexibility index (Phi) is 8.79. The summed E-state index contributed by atoms with van der Waals surface area (Å²) in [7, 11) is 1.51. The zero-order valence-corrected chi connectivity index (χ0v) is 22.5. The number of aromatic hydroxyl groups is 1. The zero-order valence-electron chi connectivity index (χ0n) is 22.5. The van der Waals surface area contributed by atoms with Gasteiger partial charge in [0.2, 0.25) is 17.5 Å². The number of aliphatic hydroxyl groups excluding tert-OH is 3. The number of allylic oxidation sites excluding steroid dienone is 2. The summed E-state index contributed by atoms with van der Waals surface area (Å²) >= 11 is 0. The first-order valence-electron chi connectivity index (χ1n) is 12.6. The number of benzene rings is 2. The first kappa shape index (κ1) is 29.1. The number of phenols is 1. The van der Waals surface area contributed by atoms with Gasteiger partial charge in [0.05, 0.1) is 19.8 Å². The number of carbonyl (C=O) groups excluding carboxylic acids is 1. The summed E-state index contributed by atoms with van der Waals surface area (Å²) in [5, 5.41) is 40.8. The Morgan fingerprint density at radius 2 is 1.82 bits per heavy atom. The molecular weight excluding hydrogens is 524 g/mol. The molecule has 1 aromatic heterocycles. The molecule has 0 spiro atoms. The predicted octanol–water partition coefficient (Wildman–Crippen LogP) is 2.82. The van der Waals surface area contributed by atoms with Crippen molar-refractivity contribution in [3.8, 4) is 34.3 Å². The fourth-order valence-corrected chi connectivity index (χ4v) is 4.39. The Hall–Kier alpha value is -3.90. The highest BCUT2D eigenvalue weighted by atomic mass is 16.7. The molecule has 0 saturated carbocycles. The van der Waals surface area contributed by atoms with Crippen molar-refractivity contribution in [1.82, 2.24) is 0 Å². The van der Waals surface area contributed by atoms with Crippen molar-refractivity contribution in [3.05, 3.63) is 57.8 Å². The van der Waals surface area contributed by atoms with Gasteiger partial charge in [-0.2, -0.15) is 0 Å². The van der Waals surface area contributed by atoms with Crippen LogP contribution in [-0.4, -0.2) is 64.7 Å². The molecule has 3 aromatic rings. The lowest BCUT2D eigenvalue weighted by Crippen LogP contribution is -2.51. The maximum absolute atomic E-state index is 13.7. The lowest BCUT2D eigenvalue weighted by molar-refractivity contribution is -0.240. The number of rotatable bonds is 8.